The third-order valence-corrected chi connectivity index (χ3v) is 4.88. The number of anilines is 1. The number of nitrogens with zero attached hydrogens (tertiary/aromatic N) is 2. The molecule has 148 valence electrons. The maximum atomic E-state index is 11.8. The van der Waals surface area contributed by atoms with Crippen molar-refractivity contribution in [2.45, 2.75) is 6.04 Å². The number of pyridine rings is 1. The van der Waals surface area contributed by atoms with Gasteiger partial charge in [0, 0.05) is 18.1 Å². The molecule has 0 saturated heterocycles. The second-order valence-corrected chi connectivity index (χ2v) is 6.78. The van der Waals surface area contributed by atoms with Crippen LogP contribution in [-0.2, 0) is 0 Å². The number of primary amides is 1. The lowest BCUT2D eigenvalue weighted by molar-refractivity contribution is 0.100. The molecule has 1 heterocycles. The van der Waals surface area contributed by atoms with E-state index in [0.717, 1.165) is 5.56 Å². The van der Waals surface area contributed by atoms with Crippen LogP contribution in [0.5, 0.6) is 5.75 Å². The number of benzene rings is 2. The molecule has 0 aliphatic carbocycles. The van der Waals surface area contributed by atoms with E-state index in [0.29, 0.717) is 45.0 Å². The Morgan fingerprint density at radius 2 is 2.17 bits per heavy atom. The van der Waals surface area contributed by atoms with Gasteiger partial charge in [0.05, 0.1) is 40.5 Å². The van der Waals surface area contributed by atoms with Crippen molar-refractivity contribution in [3.8, 4) is 11.8 Å². The fraction of sp³-hybridized carbons (Fsp3) is 0.190. The van der Waals surface area contributed by atoms with Crippen molar-refractivity contribution in [3.63, 3.8) is 0 Å². The zero-order valence-electron chi connectivity index (χ0n) is 16.0. The maximum Gasteiger partial charge on any atom is 0.250 e. The predicted molar refractivity (Wildman–Crippen MR) is 113 cm³/mol. The lowest BCUT2D eigenvalue weighted by atomic mass is 10.0. The van der Waals surface area contributed by atoms with Gasteiger partial charge in [-0.15, -0.1) is 0 Å². The van der Waals surface area contributed by atoms with E-state index in [-0.39, 0.29) is 6.04 Å². The van der Waals surface area contributed by atoms with Crippen LogP contribution in [0.4, 0.5) is 5.69 Å². The molecule has 1 amide bonds. The Morgan fingerprint density at radius 3 is 2.79 bits per heavy atom. The van der Waals surface area contributed by atoms with E-state index >= 15 is 0 Å². The minimum Gasteiger partial charge on any atom is -0.495 e. The second-order valence-electron chi connectivity index (χ2n) is 6.37. The molecule has 7 nitrogen and oxygen atoms in total. The summed E-state index contributed by atoms with van der Waals surface area (Å²) in [5.74, 6) is 0.00395. The number of hydrogen-bond acceptors (Lipinski definition) is 6. The van der Waals surface area contributed by atoms with Gasteiger partial charge in [0.25, 0.3) is 5.91 Å². The highest BCUT2D eigenvalue weighted by molar-refractivity contribution is 6.32. The quantitative estimate of drug-likeness (QED) is 0.552. The number of nitrogens with two attached hydrogens (primary N) is 1. The number of carbonyl (C=O) groups is 1. The molecule has 3 rings (SSSR count). The van der Waals surface area contributed by atoms with E-state index in [2.05, 4.69) is 21.7 Å². The van der Waals surface area contributed by atoms with Crippen LogP contribution in [0, 0.1) is 11.3 Å². The van der Waals surface area contributed by atoms with Crippen LogP contribution in [0.25, 0.3) is 10.9 Å². The third-order valence-electron chi connectivity index (χ3n) is 4.59. The minimum absolute atomic E-state index is 0.210. The van der Waals surface area contributed by atoms with E-state index in [9.17, 15) is 10.1 Å². The van der Waals surface area contributed by atoms with Crippen molar-refractivity contribution in [2.24, 2.45) is 5.73 Å². The summed E-state index contributed by atoms with van der Waals surface area (Å²) in [6.45, 7) is 0.562. The molecule has 4 N–H and O–H groups in total. The number of ether oxygens (including phenoxy) is 1. The third kappa shape index (κ3) is 4.09. The summed E-state index contributed by atoms with van der Waals surface area (Å²) < 4.78 is 5.22. The van der Waals surface area contributed by atoms with Crippen molar-refractivity contribution in [3.05, 3.63) is 64.3 Å². The molecular formula is C21H20ClN5O2. The Labute approximate surface area is 173 Å². The summed E-state index contributed by atoms with van der Waals surface area (Å²) in [4.78, 5) is 16.1. The van der Waals surface area contributed by atoms with Crippen molar-refractivity contribution in [1.82, 2.24) is 10.3 Å². The molecule has 0 saturated carbocycles. The first kappa shape index (κ1) is 20.4. The smallest absolute Gasteiger partial charge is 0.250 e. The lowest BCUT2D eigenvalue weighted by Gasteiger charge is -2.23. The Kier molecular flexibility index (Phi) is 6.17. The molecule has 0 aliphatic heterocycles. The van der Waals surface area contributed by atoms with Gasteiger partial charge in [-0.25, -0.2) is 0 Å². The van der Waals surface area contributed by atoms with Gasteiger partial charge in [-0.1, -0.05) is 29.8 Å². The van der Waals surface area contributed by atoms with E-state index in [4.69, 9.17) is 22.1 Å². The first-order valence-electron chi connectivity index (χ1n) is 8.86. The van der Waals surface area contributed by atoms with E-state index < -0.39 is 5.91 Å². The zero-order chi connectivity index (χ0) is 21.0. The highest BCUT2D eigenvalue weighted by Crippen LogP contribution is 2.33. The van der Waals surface area contributed by atoms with Gasteiger partial charge in [-0.05, 0) is 30.8 Å². The second kappa shape index (κ2) is 8.78. The molecule has 0 bridgehead atoms. The largest absolute Gasteiger partial charge is 0.495 e. The average Bonchev–Trinajstić information content (AvgIpc) is 2.72. The Balaban J connectivity index is 2.13. The molecule has 2 aromatic carbocycles. The number of fused-ring (bicyclic) bond motifs is 1. The molecule has 0 unspecified atom stereocenters. The van der Waals surface area contributed by atoms with E-state index in [1.807, 2.05) is 19.2 Å². The number of aromatic nitrogens is 1. The fourth-order valence-electron chi connectivity index (χ4n) is 3.19. The molecule has 0 radical (unpaired) electrons. The molecule has 1 aromatic heterocycles. The van der Waals surface area contributed by atoms with Gasteiger partial charge in [0.2, 0.25) is 0 Å². The first-order valence-corrected chi connectivity index (χ1v) is 9.24. The molecule has 0 fully saturated rings. The van der Waals surface area contributed by atoms with E-state index in [1.54, 1.807) is 31.4 Å². The number of nitrogens with one attached hydrogen (secondary N) is 2. The average molecular weight is 410 g/mol. The standard InChI is InChI=1S/C21H20ClN5O2/c1-25-11-17(12-6-7-18(29-2)16(22)8-12)27-19-13(9-23)10-26-20-14(19)4-3-5-15(20)21(24)28/h3-8,10,17,25H,11H2,1-2H3,(H2,24,28)(H,26,27)/t17-/m1/s1. The van der Waals surface area contributed by atoms with Crippen LogP contribution < -0.4 is 21.1 Å². The molecule has 29 heavy (non-hydrogen) atoms. The molecule has 1 atom stereocenters. The highest BCUT2D eigenvalue weighted by atomic mass is 35.5. The number of carbonyl (C=O) groups excluding carboxylic acids is 1. The van der Waals surface area contributed by atoms with Gasteiger partial charge < -0.3 is 21.1 Å². The van der Waals surface area contributed by atoms with Gasteiger partial charge in [0.15, 0.2) is 0 Å². The molecule has 3 aromatic rings. The molecule has 0 aliphatic rings. The molecular weight excluding hydrogens is 390 g/mol. The van der Waals surface area contributed by atoms with Crippen LogP contribution in [0.2, 0.25) is 5.02 Å². The number of hydrogen-bond donors (Lipinski definition) is 3. The fourth-order valence-corrected chi connectivity index (χ4v) is 3.46. The van der Waals surface area contributed by atoms with Crippen LogP contribution in [0.15, 0.2) is 42.6 Å². The van der Waals surface area contributed by atoms with Crippen molar-refractivity contribution >= 4 is 34.1 Å². The molecule has 8 heteroatoms. The topological polar surface area (TPSA) is 113 Å². The Bertz CT molecular complexity index is 1110. The van der Waals surface area contributed by atoms with Gasteiger partial charge in [-0.2, -0.15) is 5.26 Å². The Hall–Kier alpha value is -3.34. The summed E-state index contributed by atoms with van der Waals surface area (Å²) in [5, 5.41) is 17.3. The number of halogens is 1. The summed E-state index contributed by atoms with van der Waals surface area (Å²) in [5.41, 5.74) is 8.07. The minimum atomic E-state index is -0.576. The van der Waals surface area contributed by atoms with Gasteiger partial charge in [0.1, 0.15) is 11.8 Å². The van der Waals surface area contributed by atoms with Crippen LogP contribution >= 0.6 is 11.6 Å². The van der Waals surface area contributed by atoms with Crippen LogP contribution in [-0.4, -0.2) is 31.6 Å². The van der Waals surface area contributed by atoms with Crippen molar-refractivity contribution in [1.29, 1.82) is 5.26 Å². The highest BCUT2D eigenvalue weighted by Gasteiger charge is 2.19. The zero-order valence-corrected chi connectivity index (χ0v) is 16.7. The monoisotopic (exact) mass is 409 g/mol. The van der Waals surface area contributed by atoms with Crippen molar-refractivity contribution < 1.29 is 9.53 Å². The predicted octanol–water partition coefficient (Wildman–Crippen LogP) is 3.24. The number of methoxy groups -OCH3 is 1. The lowest BCUT2D eigenvalue weighted by Crippen LogP contribution is -2.24. The van der Waals surface area contributed by atoms with Crippen LogP contribution in [0.1, 0.15) is 27.5 Å². The summed E-state index contributed by atoms with van der Waals surface area (Å²) in [6.07, 6.45) is 1.44. The summed E-state index contributed by atoms with van der Waals surface area (Å²) in [7, 11) is 3.39. The molecule has 0 spiro atoms. The van der Waals surface area contributed by atoms with Gasteiger partial charge >= 0.3 is 0 Å². The SMILES string of the molecule is CNC[C@@H](Nc1c(C#N)cnc2c(C(N)=O)cccc12)c1ccc(OC)c(Cl)c1. The number of amides is 1. The normalized spacial score (nSPS) is 11.7. The number of nitriles is 1. The Morgan fingerprint density at radius 1 is 1.38 bits per heavy atom. The maximum absolute atomic E-state index is 11.8. The van der Waals surface area contributed by atoms with Gasteiger partial charge in [-0.3, -0.25) is 9.78 Å². The van der Waals surface area contributed by atoms with Crippen molar-refractivity contribution in [2.75, 3.05) is 26.0 Å². The van der Waals surface area contributed by atoms with E-state index in [1.165, 1.54) is 6.20 Å². The number of para-hydroxylation sites is 1. The first-order chi connectivity index (χ1) is 14.0. The number of rotatable bonds is 7. The summed E-state index contributed by atoms with van der Waals surface area (Å²) >= 11 is 6.30. The summed E-state index contributed by atoms with van der Waals surface area (Å²) in [6, 6.07) is 12.6. The van der Waals surface area contributed by atoms with Crippen LogP contribution in [0.3, 0.4) is 0 Å². The number of likely N-dealkylation sites (N-methyl/N-ethyl adjacent to an activating group) is 1.